The smallest absolute Gasteiger partial charge is 0.200 e. The van der Waals surface area contributed by atoms with E-state index in [2.05, 4.69) is 6.58 Å². The molecule has 0 aromatic heterocycles. The van der Waals surface area contributed by atoms with Crippen molar-refractivity contribution in [1.82, 2.24) is 0 Å². The van der Waals surface area contributed by atoms with Gasteiger partial charge < -0.3 is 4.80 Å². The van der Waals surface area contributed by atoms with Crippen LogP contribution in [-0.4, -0.2) is 13.8 Å². The summed E-state index contributed by atoms with van der Waals surface area (Å²) in [6.07, 6.45) is 0. The summed E-state index contributed by atoms with van der Waals surface area (Å²) >= 11 is 0. The van der Waals surface area contributed by atoms with Crippen molar-refractivity contribution in [2.24, 2.45) is 0 Å². The maximum atomic E-state index is 9.33. The minimum Gasteiger partial charge on any atom is -0.431 e. The molecule has 0 radical (unpaired) electrons. The van der Waals surface area contributed by atoms with E-state index in [0.717, 1.165) is 6.04 Å². The topological polar surface area (TPSA) is 20.2 Å². The maximum Gasteiger partial charge on any atom is 0.200 e. The average molecular weight is 164 g/mol. The maximum absolute atomic E-state index is 9.33. The van der Waals surface area contributed by atoms with Gasteiger partial charge in [0.2, 0.25) is 9.04 Å². The first kappa shape index (κ1) is 8.24. The fraction of sp³-hybridized carbons (Fsp3) is 0.111. The standard InChI is InChI=1S/C9H12OSi/c1-2-11(10)8-9-6-4-3-5-7-9/h2-7,10-11H,1,8H2. The van der Waals surface area contributed by atoms with Crippen LogP contribution in [0.1, 0.15) is 5.56 Å². The van der Waals surface area contributed by atoms with Crippen LogP contribution < -0.4 is 0 Å². The Labute approximate surface area is 68.7 Å². The Hall–Kier alpha value is -0.863. The van der Waals surface area contributed by atoms with Crippen molar-refractivity contribution < 1.29 is 4.80 Å². The lowest BCUT2D eigenvalue weighted by atomic mass is 10.2. The van der Waals surface area contributed by atoms with Crippen LogP contribution in [0.15, 0.2) is 42.6 Å². The van der Waals surface area contributed by atoms with Crippen molar-refractivity contribution in [2.45, 2.75) is 6.04 Å². The SMILES string of the molecule is C=C[SiH](O)Cc1ccccc1. The number of hydrogen-bond donors (Lipinski definition) is 1. The van der Waals surface area contributed by atoms with E-state index in [-0.39, 0.29) is 0 Å². The van der Waals surface area contributed by atoms with Gasteiger partial charge in [-0.15, -0.1) is 6.58 Å². The third-order valence-corrected chi connectivity index (χ3v) is 2.99. The zero-order valence-electron chi connectivity index (χ0n) is 6.40. The summed E-state index contributed by atoms with van der Waals surface area (Å²) in [4.78, 5) is 9.33. The Morgan fingerprint density at radius 3 is 2.55 bits per heavy atom. The predicted molar refractivity (Wildman–Crippen MR) is 49.7 cm³/mol. The molecule has 0 spiro atoms. The van der Waals surface area contributed by atoms with Gasteiger partial charge in [0.25, 0.3) is 0 Å². The van der Waals surface area contributed by atoms with Crippen LogP contribution in [0.4, 0.5) is 0 Å². The molecule has 0 aliphatic carbocycles. The molecule has 0 saturated heterocycles. The van der Waals surface area contributed by atoms with E-state index >= 15 is 0 Å². The highest BCUT2D eigenvalue weighted by atomic mass is 28.3. The lowest BCUT2D eigenvalue weighted by Gasteiger charge is -2.01. The third kappa shape index (κ3) is 2.70. The zero-order valence-corrected chi connectivity index (χ0v) is 7.56. The molecule has 0 bridgehead atoms. The first-order valence-electron chi connectivity index (χ1n) is 3.67. The highest BCUT2D eigenvalue weighted by Gasteiger charge is 2.01. The molecule has 0 saturated carbocycles. The number of benzene rings is 1. The third-order valence-electron chi connectivity index (χ3n) is 1.56. The molecule has 1 aromatic rings. The van der Waals surface area contributed by atoms with Crippen LogP contribution in [0.3, 0.4) is 0 Å². The van der Waals surface area contributed by atoms with Gasteiger partial charge in [-0.25, -0.2) is 0 Å². The van der Waals surface area contributed by atoms with Crippen molar-refractivity contribution in [3.8, 4) is 0 Å². The molecule has 1 unspecified atom stereocenters. The molecule has 2 heteroatoms. The summed E-state index contributed by atoms with van der Waals surface area (Å²) in [5.74, 6) is 0. The fourth-order valence-corrected chi connectivity index (χ4v) is 1.86. The Bertz CT molecular complexity index is 220. The molecule has 58 valence electrons. The van der Waals surface area contributed by atoms with Crippen molar-refractivity contribution >= 4 is 9.04 Å². The second-order valence-electron chi connectivity index (χ2n) is 2.49. The molecule has 1 N–H and O–H groups in total. The van der Waals surface area contributed by atoms with Crippen LogP contribution in [0.25, 0.3) is 0 Å². The Kier molecular flexibility index (Phi) is 3.07. The molecular formula is C9H12OSi. The fourth-order valence-electron chi connectivity index (χ4n) is 0.939. The van der Waals surface area contributed by atoms with Crippen LogP contribution in [0, 0.1) is 0 Å². The Morgan fingerprint density at radius 2 is 2.00 bits per heavy atom. The first-order valence-corrected chi connectivity index (χ1v) is 5.67. The van der Waals surface area contributed by atoms with E-state index in [9.17, 15) is 4.80 Å². The van der Waals surface area contributed by atoms with Crippen molar-refractivity contribution in [2.75, 3.05) is 0 Å². The van der Waals surface area contributed by atoms with Crippen LogP contribution in [0.5, 0.6) is 0 Å². The lowest BCUT2D eigenvalue weighted by molar-refractivity contribution is 0.582. The highest BCUT2D eigenvalue weighted by Crippen LogP contribution is 2.00. The van der Waals surface area contributed by atoms with Crippen LogP contribution in [-0.2, 0) is 6.04 Å². The number of rotatable bonds is 3. The Balaban J connectivity index is 2.57. The molecule has 0 aliphatic rings. The number of hydrogen-bond acceptors (Lipinski definition) is 1. The molecule has 0 fully saturated rings. The quantitative estimate of drug-likeness (QED) is 0.666. The van der Waals surface area contributed by atoms with Crippen molar-refractivity contribution in [1.29, 1.82) is 0 Å². The van der Waals surface area contributed by atoms with Gasteiger partial charge in [0.05, 0.1) is 0 Å². The summed E-state index contributed by atoms with van der Waals surface area (Å²) in [5.41, 5.74) is 2.89. The molecule has 0 amide bonds. The summed E-state index contributed by atoms with van der Waals surface area (Å²) < 4.78 is 0. The van der Waals surface area contributed by atoms with Gasteiger partial charge in [0.15, 0.2) is 0 Å². The predicted octanol–water partition coefficient (Wildman–Crippen LogP) is 1.21. The average Bonchev–Trinajstić information content (AvgIpc) is 2.06. The van der Waals surface area contributed by atoms with E-state index in [1.54, 1.807) is 5.70 Å². The summed E-state index contributed by atoms with van der Waals surface area (Å²) in [5, 5.41) is 0. The summed E-state index contributed by atoms with van der Waals surface area (Å²) in [6.45, 7) is 3.57. The van der Waals surface area contributed by atoms with Crippen molar-refractivity contribution in [3.05, 3.63) is 48.2 Å². The minimum atomic E-state index is -1.64. The monoisotopic (exact) mass is 164 g/mol. The lowest BCUT2D eigenvalue weighted by Crippen LogP contribution is -2.12. The van der Waals surface area contributed by atoms with E-state index < -0.39 is 9.04 Å². The molecule has 1 aromatic carbocycles. The van der Waals surface area contributed by atoms with Gasteiger partial charge >= 0.3 is 0 Å². The van der Waals surface area contributed by atoms with Gasteiger partial charge in [-0.1, -0.05) is 36.0 Å². The molecule has 11 heavy (non-hydrogen) atoms. The van der Waals surface area contributed by atoms with E-state index in [0.29, 0.717) is 0 Å². The van der Waals surface area contributed by atoms with Crippen molar-refractivity contribution in [3.63, 3.8) is 0 Å². The Morgan fingerprint density at radius 1 is 1.36 bits per heavy atom. The summed E-state index contributed by atoms with van der Waals surface area (Å²) in [6, 6.07) is 10.8. The van der Waals surface area contributed by atoms with Gasteiger partial charge in [-0.05, 0) is 11.6 Å². The second kappa shape index (κ2) is 4.11. The van der Waals surface area contributed by atoms with Crippen LogP contribution >= 0.6 is 0 Å². The molecule has 1 nitrogen and oxygen atoms in total. The van der Waals surface area contributed by atoms with E-state index in [4.69, 9.17) is 0 Å². The molecule has 0 aliphatic heterocycles. The normalized spacial score (nSPS) is 12.5. The van der Waals surface area contributed by atoms with Crippen LogP contribution in [0.2, 0.25) is 0 Å². The molecule has 0 heterocycles. The van der Waals surface area contributed by atoms with Gasteiger partial charge in [-0.2, -0.15) is 0 Å². The molecular weight excluding hydrogens is 152 g/mol. The summed E-state index contributed by atoms with van der Waals surface area (Å²) in [7, 11) is -1.64. The van der Waals surface area contributed by atoms with Gasteiger partial charge in [0, 0.05) is 0 Å². The minimum absolute atomic E-state index is 0.796. The van der Waals surface area contributed by atoms with Gasteiger partial charge in [-0.3, -0.25) is 0 Å². The molecule has 1 rings (SSSR count). The second-order valence-corrected chi connectivity index (χ2v) is 4.51. The zero-order chi connectivity index (χ0) is 8.10. The van der Waals surface area contributed by atoms with Gasteiger partial charge in [0.1, 0.15) is 0 Å². The largest absolute Gasteiger partial charge is 0.431 e. The molecule has 1 atom stereocenters. The highest BCUT2D eigenvalue weighted by molar-refractivity contribution is 6.55. The van der Waals surface area contributed by atoms with E-state index in [1.807, 2.05) is 30.3 Å². The first-order chi connectivity index (χ1) is 5.33. The van der Waals surface area contributed by atoms with E-state index in [1.165, 1.54) is 5.56 Å².